The van der Waals surface area contributed by atoms with Gasteiger partial charge in [0.1, 0.15) is 12.3 Å². The summed E-state index contributed by atoms with van der Waals surface area (Å²) < 4.78 is 5.48. The molecule has 128 valence electrons. The monoisotopic (exact) mass is 319 g/mol. The lowest BCUT2D eigenvalue weighted by molar-refractivity contribution is -0.919. The third kappa shape index (κ3) is 5.87. The van der Waals surface area contributed by atoms with E-state index in [9.17, 15) is 4.79 Å². The lowest BCUT2D eigenvalue weighted by atomic mass is 9.94. The highest BCUT2D eigenvalue weighted by Crippen LogP contribution is 2.14. The van der Waals surface area contributed by atoms with Crippen LogP contribution in [0.2, 0.25) is 0 Å². The second kappa shape index (κ2) is 7.82. The second-order valence-corrected chi connectivity index (χ2v) is 7.52. The molecular weight excluding hydrogens is 288 g/mol. The number of ether oxygens (including phenoxy) is 1. The topological polar surface area (TPSA) is 42.8 Å². The van der Waals surface area contributed by atoms with Crippen molar-refractivity contribution in [2.75, 3.05) is 19.7 Å². The van der Waals surface area contributed by atoms with Crippen LogP contribution in [-0.4, -0.2) is 31.1 Å². The van der Waals surface area contributed by atoms with Crippen LogP contribution in [0.15, 0.2) is 24.3 Å². The van der Waals surface area contributed by atoms with Gasteiger partial charge in [0.2, 0.25) is 5.91 Å². The van der Waals surface area contributed by atoms with Gasteiger partial charge in [0.25, 0.3) is 0 Å². The zero-order valence-corrected chi connectivity index (χ0v) is 14.9. The van der Waals surface area contributed by atoms with Gasteiger partial charge in [-0.3, -0.25) is 4.79 Å². The number of quaternary nitrogens is 1. The molecular formula is C19H31N2O2+. The molecule has 0 aromatic heterocycles. The molecule has 0 aliphatic carbocycles. The summed E-state index contributed by atoms with van der Waals surface area (Å²) in [5, 5.41) is 3.11. The van der Waals surface area contributed by atoms with Crippen molar-refractivity contribution in [3.8, 4) is 5.75 Å². The van der Waals surface area contributed by atoms with Crippen molar-refractivity contribution in [1.82, 2.24) is 5.32 Å². The third-order valence-electron chi connectivity index (χ3n) is 4.25. The van der Waals surface area contributed by atoms with Crippen LogP contribution in [-0.2, 0) is 11.3 Å². The van der Waals surface area contributed by atoms with Crippen LogP contribution in [0.25, 0.3) is 0 Å². The molecule has 0 radical (unpaired) electrons. The van der Waals surface area contributed by atoms with E-state index in [-0.39, 0.29) is 17.4 Å². The van der Waals surface area contributed by atoms with Gasteiger partial charge in [0.05, 0.1) is 19.7 Å². The van der Waals surface area contributed by atoms with Gasteiger partial charge in [-0.2, -0.15) is 0 Å². The van der Waals surface area contributed by atoms with Crippen LogP contribution in [0.1, 0.15) is 46.1 Å². The van der Waals surface area contributed by atoms with Gasteiger partial charge in [0.15, 0.2) is 0 Å². The number of hydrogen-bond donors (Lipinski definition) is 2. The fourth-order valence-electron chi connectivity index (χ4n) is 3.10. The first kappa shape index (κ1) is 17.8. The molecule has 0 saturated carbocycles. The van der Waals surface area contributed by atoms with E-state index in [1.807, 2.05) is 39.8 Å². The normalized spacial score (nSPS) is 21.7. The Labute approximate surface area is 140 Å². The molecule has 4 heteroatoms. The molecule has 1 aliphatic rings. The van der Waals surface area contributed by atoms with Crippen molar-refractivity contribution in [3.05, 3.63) is 29.8 Å². The molecule has 0 spiro atoms. The highest BCUT2D eigenvalue weighted by atomic mass is 16.5. The Balaban J connectivity index is 1.79. The van der Waals surface area contributed by atoms with E-state index in [0.717, 1.165) is 38.2 Å². The van der Waals surface area contributed by atoms with Gasteiger partial charge in [0, 0.05) is 29.9 Å². The molecule has 23 heavy (non-hydrogen) atoms. The third-order valence-corrected chi connectivity index (χ3v) is 4.25. The molecule has 1 aromatic rings. The van der Waals surface area contributed by atoms with Gasteiger partial charge < -0.3 is 15.0 Å². The highest BCUT2D eigenvalue weighted by molar-refractivity contribution is 5.79. The summed E-state index contributed by atoms with van der Waals surface area (Å²) in [5.74, 6) is 1.33. The van der Waals surface area contributed by atoms with Crippen molar-refractivity contribution in [2.24, 2.45) is 5.92 Å². The van der Waals surface area contributed by atoms with Gasteiger partial charge in [-0.05, 0) is 52.0 Å². The predicted octanol–water partition coefficient (Wildman–Crippen LogP) is 1.79. The average Bonchev–Trinajstić information content (AvgIpc) is 2.48. The molecule has 1 aromatic carbocycles. The smallest absolute Gasteiger partial charge is 0.223 e. The minimum Gasteiger partial charge on any atom is -0.494 e. The Morgan fingerprint density at radius 2 is 1.83 bits per heavy atom. The van der Waals surface area contributed by atoms with Gasteiger partial charge in [-0.15, -0.1) is 0 Å². The maximum Gasteiger partial charge on any atom is 0.223 e. The maximum absolute atomic E-state index is 12.2. The molecule has 0 bridgehead atoms. The summed E-state index contributed by atoms with van der Waals surface area (Å²) in [6.45, 7) is 12.0. The quantitative estimate of drug-likeness (QED) is 0.869. The molecule has 0 unspecified atom stereocenters. The summed E-state index contributed by atoms with van der Waals surface area (Å²) in [4.78, 5) is 13.8. The summed E-state index contributed by atoms with van der Waals surface area (Å²) in [5.41, 5.74) is 1.20. The average molecular weight is 319 g/mol. The largest absolute Gasteiger partial charge is 0.494 e. The first-order chi connectivity index (χ1) is 10.9. The van der Waals surface area contributed by atoms with Gasteiger partial charge in [-0.1, -0.05) is 0 Å². The number of benzene rings is 1. The molecule has 0 atom stereocenters. The van der Waals surface area contributed by atoms with Gasteiger partial charge >= 0.3 is 0 Å². The van der Waals surface area contributed by atoms with Crippen LogP contribution in [0.4, 0.5) is 0 Å². The van der Waals surface area contributed by atoms with Crippen molar-refractivity contribution < 1.29 is 14.4 Å². The number of amides is 1. The fourth-order valence-corrected chi connectivity index (χ4v) is 3.10. The number of hydrogen-bond acceptors (Lipinski definition) is 2. The number of carbonyl (C=O) groups is 1. The lowest BCUT2D eigenvalue weighted by Crippen LogP contribution is -3.11. The summed E-state index contributed by atoms with van der Waals surface area (Å²) in [6.07, 6.45) is 1.96. The van der Waals surface area contributed by atoms with Crippen LogP contribution >= 0.6 is 0 Å². The van der Waals surface area contributed by atoms with E-state index in [1.165, 1.54) is 5.56 Å². The summed E-state index contributed by atoms with van der Waals surface area (Å²) >= 11 is 0. The predicted molar refractivity (Wildman–Crippen MR) is 92.6 cm³/mol. The number of piperidine rings is 1. The molecule has 2 N–H and O–H groups in total. The second-order valence-electron chi connectivity index (χ2n) is 7.52. The van der Waals surface area contributed by atoms with E-state index in [4.69, 9.17) is 4.74 Å². The maximum atomic E-state index is 12.2. The molecule has 1 aliphatic heterocycles. The Morgan fingerprint density at radius 3 is 2.35 bits per heavy atom. The SMILES string of the molecule is CCOc1ccc(C[NH+]2CCC(C(=O)NC(C)(C)C)CC2)cc1. The summed E-state index contributed by atoms with van der Waals surface area (Å²) in [6, 6.07) is 8.39. The van der Waals surface area contributed by atoms with Gasteiger partial charge in [-0.25, -0.2) is 0 Å². The lowest BCUT2D eigenvalue weighted by Gasteiger charge is -2.31. The van der Waals surface area contributed by atoms with E-state index >= 15 is 0 Å². The van der Waals surface area contributed by atoms with E-state index in [2.05, 4.69) is 17.4 Å². The van der Waals surface area contributed by atoms with Crippen LogP contribution in [0.5, 0.6) is 5.75 Å². The first-order valence-corrected chi connectivity index (χ1v) is 8.74. The zero-order chi connectivity index (χ0) is 16.9. The Morgan fingerprint density at radius 1 is 1.22 bits per heavy atom. The van der Waals surface area contributed by atoms with Crippen LogP contribution in [0.3, 0.4) is 0 Å². The molecule has 1 amide bonds. The Bertz CT molecular complexity index is 497. The Hall–Kier alpha value is -1.55. The standard InChI is InChI=1S/C19H30N2O2/c1-5-23-17-8-6-15(7-9-17)14-21-12-10-16(11-13-21)18(22)20-19(2,3)4/h6-9,16H,5,10-14H2,1-4H3,(H,20,22)/p+1. The molecule has 1 saturated heterocycles. The number of likely N-dealkylation sites (tertiary alicyclic amines) is 1. The number of rotatable bonds is 5. The number of nitrogens with one attached hydrogen (secondary N) is 2. The molecule has 1 heterocycles. The molecule has 1 fully saturated rings. The van der Waals surface area contributed by atoms with Crippen molar-refractivity contribution in [2.45, 2.75) is 52.6 Å². The van der Waals surface area contributed by atoms with Crippen molar-refractivity contribution >= 4 is 5.91 Å². The molecule has 2 rings (SSSR count). The van der Waals surface area contributed by atoms with Crippen LogP contribution < -0.4 is 15.0 Å². The van der Waals surface area contributed by atoms with E-state index in [1.54, 1.807) is 4.90 Å². The first-order valence-electron chi connectivity index (χ1n) is 8.74. The Kier molecular flexibility index (Phi) is 6.05. The number of carbonyl (C=O) groups excluding carboxylic acids is 1. The van der Waals surface area contributed by atoms with Crippen LogP contribution in [0, 0.1) is 5.92 Å². The van der Waals surface area contributed by atoms with E-state index < -0.39 is 0 Å². The minimum absolute atomic E-state index is 0.136. The highest BCUT2D eigenvalue weighted by Gasteiger charge is 2.29. The zero-order valence-electron chi connectivity index (χ0n) is 14.9. The van der Waals surface area contributed by atoms with Crippen molar-refractivity contribution in [3.63, 3.8) is 0 Å². The summed E-state index contributed by atoms with van der Waals surface area (Å²) in [7, 11) is 0. The molecule has 4 nitrogen and oxygen atoms in total. The van der Waals surface area contributed by atoms with E-state index in [0.29, 0.717) is 6.61 Å². The minimum atomic E-state index is -0.136. The van der Waals surface area contributed by atoms with Crippen molar-refractivity contribution in [1.29, 1.82) is 0 Å². The fraction of sp³-hybridized carbons (Fsp3) is 0.632.